The molecule has 0 fully saturated rings. The molecule has 20 heavy (non-hydrogen) atoms. The highest BCUT2D eigenvalue weighted by atomic mass is 16.5. The quantitative estimate of drug-likeness (QED) is 0.864. The van der Waals surface area contributed by atoms with Crippen LogP contribution in [0.5, 0.6) is 11.5 Å². The van der Waals surface area contributed by atoms with E-state index in [0.717, 1.165) is 11.1 Å². The van der Waals surface area contributed by atoms with Gasteiger partial charge >= 0.3 is 0 Å². The van der Waals surface area contributed by atoms with Crippen LogP contribution in [-0.4, -0.2) is 18.8 Å². The van der Waals surface area contributed by atoms with Crippen molar-refractivity contribution >= 4 is 10.8 Å². The Balaban J connectivity index is 3.01. The van der Waals surface area contributed by atoms with Crippen LogP contribution in [0.15, 0.2) is 16.9 Å². The number of rotatable bonds is 3. The van der Waals surface area contributed by atoms with Crippen molar-refractivity contribution in [2.45, 2.75) is 26.7 Å². The van der Waals surface area contributed by atoms with E-state index < -0.39 is 0 Å². The molecule has 0 spiro atoms. The Hall–Kier alpha value is -1.97. The molecular weight excluding hydrogens is 254 g/mol. The van der Waals surface area contributed by atoms with Crippen LogP contribution in [0.2, 0.25) is 0 Å². The van der Waals surface area contributed by atoms with E-state index in [2.05, 4.69) is 13.8 Å². The molecule has 0 atom stereocenters. The number of hydrogen-bond acceptors (Lipinski definition) is 3. The third-order valence-corrected chi connectivity index (χ3v) is 3.82. The summed E-state index contributed by atoms with van der Waals surface area (Å²) in [5, 5.41) is 1.61. The molecule has 2 aromatic rings. The van der Waals surface area contributed by atoms with Crippen molar-refractivity contribution in [3.8, 4) is 11.5 Å². The summed E-state index contributed by atoms with van der Waals surface area (Å²) in [7, 11) is 4.98. The highest BCUT2D eigenvalue weighted by Crippen LogP contribution is 2.35. The van der Waals surface area contributed by atoms with Crippen molar-refractivity contribution < 1.29 is 9.47 Å². The van der Waals surface area contributed by atoms with Gasteiger partial charge in [0.25, 0.3) is 5.56 Å². The van der Waals surface area contributed by atoms with Crippen molar-refractivity contribution in [3.05, 3.63) is 33.7 Å². The fraction of sp³-hybridized carbons (Fsp3) is 0.438. The minimum Gasteiger partial charge on any atom is -0.493 e. The van der Waals surface area contributed by atoms with Crippen molar-refractivity contribution in [1.29, 1.82) is 0 Å². The second kappa shape index (κ2) is 5.19. The third kappa shape index (κ3) is 2.05. The number of benzene rings is 1. The number of ether oxygens (including phenoxy) is 2. The molecule has 2 rings (SSSR count). The van der Waals surface area contributed by atoms with Crippen molar-refractivity contribution in [2.24, 2.45) is 7.05 Å². The maximum atomic E-state index is 12.5. The smallest absolute Gasteiger partial charge is 0.258 e. The van der Waals surface area contributed by atoms with Gasteiger partial charge in [0.05, 0.1) is 19.6 Å². The van der Waals surface area contributed by atoms with Crippen LogP contribution in [-0.2, 0) is 7.05 Å². The Bertz CT molecular complexity index is 714. The second-order valence-corrected chi connectivity index (χ2v) is 5.27. The zero-order valence-corrected chi connectivity index (χ0v) is 12.9. The predicted molar refractivity (Wildman–Crippen MR) is 81.1 cm³/mol. The lowest BCUT2D eigenvalue weighted by Crippen LogP contribution is -2.21. The molecule has 0 radical (unpaired) electrons. The molecule has 1 aromatic carbocycles. The molecule has 4 heteroatoms. The van der Waals surface area contributed by atoms with Gasteiger partial charge < -0.3 is 14.0 Å². The van der Waals surface area contributed by atoms with Crippen LogP contribution >= 0.6 is 0 Å². The average Bonchev–Trinajstić information content (AvgIpc) is 2.43. The number of fused-ring (bicyclic) bond motifs is 1. The SMILES string of the molecule is COc1cc2c(C(C)C)c(C)n(C)c(=O)c2cc1OC. The minimum absolute atomic E-state index is 0.0112. The average molecular weight is 275 g/mol. The van der Waals surface area contributed by atoms with Crippen molar-refractivity contribution in [3.63, 3.8) is 0 Å². The molecule has 0 N–H and O–H groups in total. The van der Waals surface area contributed by atoms with Gasteiger partial charge in [-0.1, -0.05) is 13.8 Å². The Morgan fingerprint density at radius 3 is 2.00 bits per heavy atom. The van der Waals surface area contributed by atoms with E-state index in [4.69, 9.17) is 9.47 Å². The molecule has 0 saturated heterocycles. The highest BCUT2D eigenvalue weighted by Gasteiger charge is 2.17. The predicted octanol–water partition coefficient (Wildman–Crippen LogP) is 2.99. The summed E-state index contributed by atoms with van der Waals surface area (Å²) >= 11 is 0. The lowest BCUT2D eigenvalue weighted by molar-refractivity contribution is 0.356. The zero-order valence-electron chi connectivity index (χ0n) is 12.9. The van der Waals surface area contributed by atoms with Gasteiger partial charge in [0.15, 0.2) is 11.5 Å². The molecule has 4 nitrogen and oxygen atoms in total. The number of hydrogen-bond donors (Lipinski definition) is 0. The normalized spacial score (nSPS) is 11.2. The van der Waals surface area contributed by atoms with E-state index in [-0.39, 0.29) is 5.56 Å². The van der Waals surface area contributed by atoms with Crippen LogP contribution in [0.4, 0.5) is 0 Å². The van der Waals surface area contributed by atoms with E-state index in [1.54, 1.807) is 31.9 Å². The highest BCUT2D eigenvalue weighted by molar-refractivity contribution is 5.89. The molecule has 0 aliphatic carbocycles. The van der Waals surface area contributed by atoms with Gasteiger partial charge in [-0.2, -0.15) is 0 Å². The van der Waals surface area contributed by atoms with Crippen molar-refractivity contribution in [1.82, 2.24) is 4.57 Å². The molecule has 1 heterocycles. The molecule has 0 saturated carbocycles. The van der Waals surface area contributed by atoms with Crippen LogP contribution in [0.3, 0.4) is 0 Å². The first-order valence-corrected chi connectivity index (χ1v) is 6.67. The van der Waals surface area contributed by atoms with E-state index in [0.29, 0.717) is 22.8 Å². The standard InChI is InChI=1S/C16H21NO3/c1-9(2)15-10(3)17(4)16(18)12-8-14(20-6)13(19-5)7-11(12)15/h7-9H,1-6H3. The number of pyridine rings is 1. The molecule has 0 unspecified atom stereocenters. The zero-order chi connectivity index (χ0) is 15.0. The topological polar surface area (TPSA) is 40.5 Å². The largest absolute Gasteiger partial charge is 0.493 e. The van der Waals surface area contributed by atoms with Gasteiger partial charge in [-0.15, -0.1) is 0 Å². The van der Waals surface area contributed by atoms with E-state index in [1.165, 1.54) is 5.56 Å². The van der Waals surface area contributed by atoms with Gasteiger partial charge in [0.2, 0.25) is 0 Å². The van der Waals surface area contributed by atoms with E-state index >= 15 is 0 Å². The monoisotopic (exact) mass is 275 g/mol. The minimum atomic E-state index is -0.0112. The number of methoxy groups -OCH3 is 2. The summed E-state index contributed by atoms with van der Waals surface area (Å²) in [5.41, 5.74) is 2.15. The van der Waals surface area contributed by atoms with E-state index in [1.807, 2.05) is 13.0 Å². The summed E-state index contributed by atoms with van der Waals surface area (Å²) < 4.78 is 12.3. The Kier molecular flexibility index (Phi) is 3.75. The van der Waals surface area contributed by atoms with Crippen LogP contribution in [0.25, 0.3) is 10.8 Å². The van der Waals surface area contributed by atoms with Crippen molar-refractivity contribution in [2.75, 3.05) is 14.2 Å². The fourth-order valence-electron chi connectivity index (χ4n) is 2.72. The molecule has 0 bridgehead atoms. The van der Waals surface area contributed by atoms with Gasteiger partial charge in [0, 0.05) is 12.7 Å². The molecular formula is C16H21NO3. The fourth-order valence-corrected chi connectivity index (χ4v) is 2.72. The maximum Gasteiger partial charge on any atom is 0.258 e. The Morgan fingerprint density at radius 1 is 1.05 bits per heavy atom. The van der Waals surface area contributed by atoms with E-state index in [9.17, 15) is 4.79 Å². The lowest BCUT2D eigenvalue weighted by atomic mass is 9.94. The summed E-state index contributed by atoms with van der Waals surface area (Å²) in [6, 6.07) is 3.67. The second-order valence-electron chi connectivity index (χ2n) is 5.27. The van der Waals surface area contributed by atoms with Crippen LogP contribution in [0.1, 0.15) is 31.0 Å². The maximum absolute atomic E-state index is 12.5. The summed E-state index contributed by atoms with van der Waals surface area (Å²) in [5.74, 6) is 1.55. The van der Waals surface area contributed by atoms with Gasteiger partial charge in [-0.05, 0) is 35.9 Å². The lowest BCUT2D eigenvalue weighted by Gasteiger charge is -2.18. The molecule has 0 amide bonds. The summed E-state index contributed by atoms with van der Waals surface area (Å²) in [6.45, 7) is 6.23. The molecule has 1 aromatic heterocycles. The van der Waals surface area contributed by atoms with Gasteiger partial charge in [-0.25, -0.2) is 0 Å². The number of nitrogens with zero attached hydrogens (tertiary/aromatic N) is 1. The first kappa shape index (κ1) is 14.4. The van der Waals surface area contributed by atoms with Crippen LogP contribution in [0, 0.1) is 6.92 Å². The van der Waals surface area contributed by atoms with Gasteiger partial charge in [-0.3, -0.25) is 4.79 Å². The molecule has 0 aliphatic heterocycles. The van der Waals surface area contributed by atoms with Gasteiger partial charge in [0.1, 0.15) is 0 Å². The molecule has 0 aliphatic rings. The summed E-state index contributed by atoms with van der Waals surface area (Å²) in [4.78, 5) is 12.5. The number of aromatic nitrogens is 1. The Labute approximate surface area is 118 Å². The Morgan fingerprint density at radius 2 is 1.55 bits per heavy atom. The molecule has 108 valence electrons. The first-order valence-electron chi connectivity index (χ1n) is 6.67. The third-order valence-electron chi connectivity index (χ3n) is 3.82. The first-order chi connectivity index (χ1) is 9.42. The van der Waals surface area contributed by atoms with Crippen LogP contribution < -0.4 is 15.0 Å². The summed E-state index contributed by atoms with van der Waals surface area (Å²) in [6.07, 6.45) is 0.